The molecule has 0 aromatic heterocycles. The van der Waals surface area contributed by atoms with Crippen LogP contribution in [0.15, 0.2) is 84.9 Å². The van der Waals surface area contributed by atoms with E-state index in [-0.39, 0.29) is 24.8 Å². The fraction of sp³-hybridized carbons (Fsp3) is 0.0833. The average Bonchev–Trinajstić information content (AvgIpc) is 3.28. The molecule has 0 radical (unpaired) electrons. The van der Waals surface area contributed by atoms with Crippen molar-refractivity contribution >= 4 is 23.5 Å². The van der Waals surface area contributed by atoms with Crippen LogP contribution in [0.3, 0.4) is 0 Å². The number of hydrogen-bond acceptors (Lipinski definition) is 1. The third-order valence-corrected chi connectivity index (χ3v) is 9.32. The van der Waals surface area contributed by atoms with Crippen LogP contribution < -0.4 is 30.1 Å². The molecule has 3 aromatic rings. The van der Waals surface area contributed by atoms with Gasteiger partial charge in [-0.05, 0) is 0 Å². The zero-order valence-corrected chi connectivity index (χ0v) is 19.1. The smallest absolute Gasteiger partial charge is 1.00 e. The van der Waals surface area contributed by atoms with E-state index in [1.165, 1.54) is 27.9 Å². The Morgan fingerprint density at radius 3 is 2.18 bits per heavy atom. The molecule has 2 aliphatic rings. The number of nitrogens with one attached hydrogen (secondary N) is 1. The molecule has 3 aromatic carbocycles. The third-order valence-electron chi connectivity index (χ3n) is 5.13. The molecule has 2 atom stereocenters. The number of halogens is 2. The summed E-state index contributed by atoms with van der Waals surface area (Å²) < 4.78 is 1.28. The molecule has 0 spiro atoms. The molecule has 4 heteroatoms. The maximum absolute atomic E-state index is 3.65. The number of fused-ring (bicyclic) bond motifs is 2. The predicted molar refractivity (Wildman–Crippen MR) is 106 cm³/mol. The van der Waals surface area contributed by atoms with Crippen molar-refractivity contribution in [3.05, 3.63) is 107 Å². The molecule has 2 unspecified atom stereocenters. The monoisotopic (exact) mass is 481 g/mol. The van der Waals surface area contributed by atoms with Crippen LogP contribution in [0.25, 0.3) is 12.2 Å². The molecule has 0 heterocycles. The van der Waals surface area contributed by atoms with Gasteiger partial charge in [0.25, 0.3) is 0 Å². The van der Waals surface area contributed by atoms with Gasteiger partial charge in [-0.15, -0.1) is 0 Å². The first-order chi connectivity index (χ1) is 12.9. The molecule has 0 fully saturated rings. The van der Waals surface area contributed by atoms with Crippen molar-refractivity contribution in [1.82, 2.24) is 0 Å². The molecule has 0 saturated heterocycles. The molecule has 138 valence electrons. The Hall–Kier alpha value is -1.60. The summed E-state index contributed by atoms with van der Waals surface area (Å²) in [7, 11) is 0. The summed E-state index contributed by atoms with van der Waals surface area (Å²) in [4.78, 5) is 0. The summed E-state index contributed by atoms with van der Waals surface area (Å²) >= 11 is -0.712. The molecule has 0 bridgehead atoms. The Morgan fingerprint density at radius 2 is 1.32 bits per heavy atom. The summed E-state index contributed by atoms with van der Waals surface area (Å²) in [6.07, 6.45) is 9.52. The van der Waals surface area contributed by atoms with Gasteiger partial charge >= 0.3 is 167 Å². The summed E-state index contributed by atoms with van der Waals surface area (Å²) in [5.41, 5.74) is 8.25. The Labute approximate surface area is 190 Å². The Balaban J connectivity index is 0.00000112. The molecular weight excluding hydrogens is 464 g/mol. The zero-order valence-electron chi connectivity index (χ0n) is 15.1. The number of benzene rings is 3. The van der Waals surface area contributed by atoms with E-state index in [2.05, 4.69) is 102 Å². The molecule has 1 nitrogen and oxygen atoms in total. The first-order valence-corrected chi connectivity index (χ1v) is 11.9. The van der Waals surface area contributed by atoms with Crippen molar-refractivity contribution in [3.8, 4) is 0 Å². The molecule has 1 N–H and O–H groups in total. The van der Waals surface area contributed by atoms with Crippen LogP contribution in [0.4, 0.5) is 11.4 Å². The van der Waals surface area contributed by atoms with E-state index in [1.807, 2.05) is 0 Å². The minimum absolute atomic E-state index is 0. The maximum Gasteiger partial charge on any atom is -1.00 e. The fourth-order valence-electron chi connectivity index (χ4n) is 3.88. The number of anilines is 2. The van der Waals surface area contributed by atoms with E-state index in [9.17, 15) is 0 Å². The third kappa shape index (κ3) is 4.06. The Morgan fingerprint density at radius 1 is 0.643 bits per heavy atom. The van der Waals surface area contributed by atoms with E-state index in [1.54, 1.807) is 0 Å². The quantitative estimate of drug-likeness (QED) is 0.565. The summed E-state index contributed by atoms with van der Waals surface area (Å²) in [6.45, 7) is 0. The number of hydrogen-bond donors (Lipinski definition) is 1. The Bertz CT molecular complexity index is 1010. The van der Waals surface area contributed by atoms with Crippen molar-refractivity contribution in [3.63, 3.8) is 0 Å². The van der Waals surface area contributed by atoms with Crippen LogP contribution >= 0.6 is 0 Å². The SMILES string of the molecule is C1=C[CH]([Zr+2][CH]2C=Cc3cccc(Nc4ccccc4)c32)c2ccccc21.[Cl-].[Cl-]. The second-order valence-electron chi connectivity index (χ2n) is 6.77. The minimum Gasteiger partial charge on any atom is -1.00 e. The van der Waals surface area contributed by atoms with E-state index in [0.717, 1.165) is 5.69 Å². The van der Waals surface area contributed by atoms with E-state index < -0.39 is 23.2 Å². The largest absolute Gasteiger partial charge is 1.00 e. The standard InChI is InChI=1S/C15H12N.C9H7.2ClH.Zr/c1-2-8-13(9-3-1)16-15-11-5-7-12-6-4-10-14(12)15;1-2-5-9-7-3-6-8(9)4-1;;;/h1-11,16H;1-7H;2*1H;/q;;;;+2/p-2. The van der Waals surface area contributed by atoms with E-state index in [0.29, 0.717) is 7.25 Å². The number of allylic oxidation sites excluding steroid dienone is 2. The van der Waals surface area contributed by atoms with E-state index >= 15 is 0 Å². The maximum atomic E-state index is 3.65. The van der Waals surface area contributed by atoms with Gasteiger partial charge in [0, 0.05) is 0 Å². The summed E-state index contributed by atoms with van der Waals surface area (Å²) in [5, 5.41) is 3.65. The van der Waals surface area contributed by atoms with Crippen molar-refractivity contribution in [2.75, 3.05) is 5.32 Å². The molecular formula is C24H19Cl2NZr. The van der Waals surface area contributed by atoms with Gasteiger partial charge in [0.05, 0.1) is 0 Å². The van der Waals surface area contributed by atoms with Crippen LogP contribution in [-0.2, 0) is 23.2 Å². The Kier molecular flexibility index (Phi) is 6.99. The van der Waals surface area contributed by atoms with Crippen LogP contribution in [0.5, 0.6) is 0 Å². The molecule has 0 saturated carbocycles. The van der Waals surface area contributed by atoms with Crippen molar-refractivity contribution in [2.45, 2.75) is 7.25 Å². The van der Waals surface area contributed by atoms with Gasteiger partial charge in [-0.3, -0.25) is 0 Å². The predicted octanol–water partition coefficient (Wildman–Crippen LogP) is 0.357. The van der Waals surface area contributed by atoms with Crippen molar-refractivity contribution in [1.29, 1.82) is 0 Å². The normalized spacial score (nSPS) is 17.7. The van der Waals surface area contributed by atoms with Crippen LogP contribution in [0, 0.1) is 0 Å². The second kappa shape index (κ2) is 9.27. The minimum atomic E-state index is -0.712. The van der Waals surface area contributed by atoms with Crippen LogP contribution in [0.2, 0.25) is 0 Å². The first-order valence-electron chi connectivity index (χ1n) is 9.05. The van der Waals surface area contributed by atoms with Gasteiger partial charge in [0.15, 0.2) is 0 Å². The average molecular weight is 484 g/mol. The summed E-state index contributed by atoms with van der Waals surface area (Å²) in [5.74, 6) is 0. The van der Waals surface area contributed by atoms with Crippen LogP contribution in [-0.4, -0.2) is 0 Å². The van der Waals surface area contributed by atoms with Crippen LogP contribution in [0.1, 0.15) is 29.5 Å². The van der Waals surface area contributed by atoms with Gasteiger partial charge in [-0.25, -0.2) is 0 Å². The molecule has 2 aliphatic carbocycles. The van der Waals surface area contributed by atoms with Crippen molar-refractivity contribution in [2.24, 2.45) is 0 Å². The first kappa shape index (κ1) is 21.1. The zero-order chi connectivity index (χ0) is 17.3. The fourth-order valence-corrected chi connectivity index (χ4v) is 8.14. The molecule has 5 rings (SSSR count). The topological polar surface area (TPSA) is 12.0 Å². The molecule has 28 heavy (non-hydrogen) atoms. The molecule has 0 aliphatic heterocycles. The van der Waals surface area contributed by atoms with Gasteiger partial charge in [0.1, 0.15) is 0 Å². The van der Waals surface area contributed by atoms with E-state index in [4.69, 9.17) is 0 Å². The number of rotatable bonds is 4. The summed E-state index contributed by atoms with van der Waals surface area (Å²) in [6, 6.07) is 26.0. The van der Waals surface area contributed by atoms with Gasteiger partial charge in [0.2, 0.25) is 0 Å². The second-order valence-corrected chi connectivity index (χ2v) is 10.6. The van der Waals surface area contributed by atoms with Gasteiger partial charge in [-0.1, -0.05) is 0 Å². The van der Waals surface area contributed by atoms with Crippen molar-refractivity contribution < 1.29 is 48.0 Å². The molecule has 0 amide bonds. The van der Waals surface area contributed by atoms with Gasteiger partial charge in [-0.2, -0.15) is 0 Å². The number of para-hydroxylation sites is 1. The van der Waals surface area contributed by atoms with Gasteiger partial charge < -0.3 is 24.8 Å².